The van der Waals surface area contributed by atoms with Gasteiger partial charge in [-0.15, -0.1) is 0 Å². The van der Waals surface area contributed by atoms with Gasteiger partial charge in [0.1, 0.15) is 5.75 Å². The number of hydrogen-bond donors (Lipinski definition) is 2. The van der Waals surface area contributed by atoms with Gasteiger partial charge in [0, 0.05) is 16.8 Å². The van der Waals surface area contributed by atoms with Crippen LogP contribution in [0.3, 0.4) is 0 Å². The van der Waals surface area contributed by atoms with E-state index >= 15 is 0 Å². The Morgan fingerprint density at radius 1 is 0.759 bits per heavy atom. The fraction of sp³-hybridized carbons (Fsp3) is 0.0833. The summed E-state index contributed by atoms with van der Waals surface area (Å²) in [5.74, 6) is 6.05. The van der Waals surface area contributed by atoms with E-state index in [1.54, 1.807) is 24.3 Å². The SMILES string of the molecule is O=C(COc1ccccc1)NCC(=O)Nc1cccc(C#Cc2ccccc2)c1. The van der Waals surface area contributed by atoms with Crippen LogP contribution in [0.25, 0.3) is 0 Å². The smallest absolute Gasteiger partial charge is 0.258 e. The number of anilines is 1. The summed E-state index contributed by atoms with van der Waals surface area (Å²) in [6.07, 6.45) is 0. The molecule has 2 N–H and O–H groups in total. The fourth-order valence-corrected chi connectivity index (χ4v) is 2.44. The Labute approximate surface area is 169 Å². The number of nitrogens with one attached hydrogen (secondary N) is 2. The van der Waals surface area contributed by atoms with Crippen LogP contribution in [0.2, 0.25) is 0 Å². The maximum atomic E-state index is 12.1. The summed E-state index contributed by atoms with van der Waals surface area (Å²) in [4.78, 5) is 23.9. The third-order valence-electron chi connectivity index (χ3n) is 3.83. The van der Waals surface area contributed by atoms with Crippen LogP contribution in [0.15, 0.2) is 84.9 Å². The van der Waals surface area contributed by atoms with E-state index in [0.717, 1.165) is 11.1 Å². The van der Waals surface area contributed by atoms with Crippen molar-refractivity contribution in [1.29, 1.82) is 0 Å². The minimum absolute atomic E-state index is 0.142. The lowest BCUT2D eigenvalue weighted by Gasteiger charge is -2.08. The fourth-order valence-electron chi connectivity index (χ4n) is 2.44. The minimum atomic E-state index is -0.369. The number of carbonyl (C=O) groups excluding carboxylic acids is 2. The summed E-state index contributed by atoms with van der Waals surface area (Å²) < 4.78 is 5.34. The van der Waals surface area contributed by atoms with E-state index in [-0.39, 0.29) is 25.0 Å². The summed E-state index contributed by atoms with van der Waals surface area (Å²) >= 11 is 0. The molecule has 2 amide bonds. The van der Waals surface area contributed by atoms with Gasteiger partial charge in [-0.25, -0.2) is 0 Å². The van der Waals surface area contributed by atoms with E-state index in [9.17, 15) is 9.59 Å². The third kappa shape index (κ3) is 6.89. The van der Waals surface area contributed by atoms with Gasteiger partial charge < -0.3 is 15.4 Å². The number of amides is 2. The molecular weight excluding hydrogens is 364 g/mol. The molecule has 0 aliphatic heterocycles. The molecule has 0 aliphatic carbocycles. The Bertz CT molecular complexity index is 1020. The Balaban J connectivity index is 1.47. The molecule has 5 heteroatoms. The number of para-hydroxylation sites is 1. The third-order valence-corrected chi connectivity index (χ3v) is 3.83. The highest BCUT2D eigenvalue weighted by atomic mass is 16.5. The summed E-state index contributed by atoms with van der Waals surface area (Å²) in [5, 5.41) is 5.28. The van der Waals surface area contributed by atoms with Crippen LogP contribution in [-0.4, -0.2) is 25.0 Å². The van der Waals surface area contributed by atoms with Crippen LogP contribution >= 0.6 is 0 Å². The lowest BCUT2D eigenvalue weighted by molar-refractivity contribution is -0.125. The molecular formula is C24H20N2O3. The molecule has 0 heterocycles. The van der Waals surface area contributed by atoms with Crippen LogP contribution in [0, 0.1) is 11.8 Å². The number of hydrogen-bond acceptors (Lipinski definition) is 3. The zero-order valence-electron chi connectivity index (χ0n) is 15.7. The molecule has 0 atom stereocenters. The van der Waals surface area contributed by atoms with Gasteiger partial charge in [0.2, 0.25) is 5.91 Å². The standard InChI is InChI=1S/C24H20N2O3/c27-23(17-25-24(28)18-29-22-12-5-2-6-13-22)26-21-11-7-10-20(16-21)15-14-19-8-3-1-4-9-19/h1-13,16H,17-18H2,(H,25,28)(H,26,27). The quantitative estimate of drug-likeness (QED) is 0.642. The normalized spacial score (nSPS) is 9.66. The Morgan fingerprint density at radius 2 is 1.41 bits per heavy atom. The first kappa shape index (κ1) is 19.7. The zero-order valence-corrected chi connectivity index (χ0v) is 15.7. The van der Waals surface area contributed by atoms with Crippen molar-refractivity contribution in [3.8, 4) is 17.6 Å². The van der Waals surface area contributed by atoms with Crippen LogP contribution in [0.4, 0.5) is 5.69 Å². The van der Waals surface area contributed by atoms with Crippen molar-refractivity contribution in [2.75, 3.05) is 18.5 Å². The molecule has 29 heavy (non-hydrogen) atoms. The van der Waals surface area contributed by atoms with Gasteiger partial charge in [0.25, 0.3) is 5.91 Å². The monoisotopic (exact) mass is 384 g/mol. The van der Waals surface area contributed by atoms with Gasteiger partial charge in [-0.1, -0.05) is 54.3 Å². The Morgan fingerprint density at radius 3 is 2.17 bits per heavy atom. The molecule has 3 rings (SSSR count). The van der Waals surface area contributed by atoms with Crippen LogP contribution in [-0.2, 0) is 9.59 Å². The van der Waals surface area contributed by atoms with Crippen LogP contribution in [0.1, 0.15) is 11.1 Å². The van der Waals surface area contributed by atoms with E-state index in [2.05, 4.69) is 22.5 Å². The van der Waals surface area contributed by atoms with E-state index < -0.39 is 0 Å². The predicted octanol–water partition coefficient (Wildman–Crippen LogP) is 3.22. The highest BCUT2D eigenvalue weighted by Gasteiger charge is 2.07. The van der Waals surface area contributed by atoms with E-state index in [4.69, 9.17) is 4.74 Å². The van der Waals surface area contributed by atoms with Crippen molar-refractivity contribution < 1.29 is 14.3 Å². The molecule has 0 spiro atoms. The summed E-state index contributed by atoms with van der Waals surface area (Å²) in [6.45, 7) is -0.293. The zero-order chi connectivity index (χ0) is 20.3. The second kappa shape index (κ2) is 10.3. The average molecular weight is 384 g/mol. The van der Waals surface area contributed by atoms with Crippen molar-refractivity contribution in [2.45, 2.75) is 0 Å². The predicted molar refractivity (Wildman–Crippen MR) is 112 cm³/mol. The van der Waals surface area contributed by atoms with Gasteiger partial charge >= 0.3 is 0 Å². The van der Waals surface area contributed by atoms with E-state index in [0.29, 0.717) is 11.4 Å². The summed E-state index contributed by atoms with van der Waals surface area (Å²) in [7, 11) is 0. The van der Waals surface area contributed by atoms with Crippen molar-refractivity contribution in [3.05, 3.63) is 96.1 Å². The van der Waals surface area contributed by atoms with Crippen molar-refractivity contribution in [1.82, 2.24) is 5.32 Å². The molecule has 0 fully saturated rings. The molecule has 0 unspecified atom stereocenters. The lowest BCUT2D eigenvalue weighted by Crippen LogP contribution is -2.35. The highest BCUT2D eigenvalue weighted by Crippen LogP contribution is 2.10. The first-order valence-corrected chi connectivity index (χ1v) is 9.10. The van der Waals surface area contributed by atoms with Crippen molar-refractivity contribution >= 4 is 17.5 Å². The highest BCUT2D eigenvalue weighted by molar-refractivity contribution is 5.94. The number of carbonyl (C=O) groups is 2. The maximum Gasteiger partial charge on any atom is 0.258 e. The number of ether oxygens (including phenoxy) is 1. The van der Waals surface area contributed by atoms with Crippen molar-refractivity contribution in [3.63, 3.8) is 0 Å². The lowest BCUT2D eigenvalue weighted by atomic mass is 10.1. The van der Waals surface area contributed by atoms with Crippen molar-refractivity contribution in [2.24, 2.45) is 0 Å². The first-order valence-electron chi connectivity index (χ1n) is 9.10. The number of benzene rings is 3. The van der Waals surface area contributed by atoms with E-state index in [1.165, 1.54) is 0 Å². The van der Waals surface area contributed by atoms with Gasteiger partial charge in [0.15, 0.2) is 6.61 Å². The molecule has 0 saturated carbocycles. The molecule has 0 saturated heterocycles. The second-order valence-electron chi connectivity index (χ2n) is 6.12. The summed E-state index contributed by atoms with van der Waals surface area (Å²) in [6, 6.07) is 25.9. The average Bonchev–Trinajstić information content (AvgIpc) is 2.76. The Kier molecular flexibility index (Phi) is 7.03. The number of rotatable bonds is 6. The molecule has 3 aromatic rings. The molecule has 0 radical (unpaired) electrons. The summed E-state index contributed by atoms with van der Waals surface area (Å²) in [5.41, 5.74) is 2.32. The Hall–Kier alpha value is -4.04. The van der Waals surface area contributed by atoms with Gasteiger partial charge in [0.05, 0.1) is 6.54 Å². The molecule has 0 aromatic heterocycles. The molecule has 5 nitrogen and oxygen atoms in total. The maximum absolute atomic E-state index is 12.1. The molecule has 144 valence electrons. The van der Waals surface area contributed by atoms with Crippen LogP contribution in [0.5, 0.6) is 5.75 Å². The van der Waals surface area contributed by atoms with Gasteiger partial charge in [-0.2, -0.15) is 0 Å². The largest absolute Gasteiger partial charge is 0.484 e. The first-order chi connectivity index (χ1) is 14.2. The van der Waals surface area contributed by atoms with E-state index in [1.807, 2.05) is 60.7 Å². The van der Waals surface area contributed by atoms with Crippen LogP contribution < -0.4 is 15.4 Å². The molecule has 0 aliphatic rings. The second-order valence-corrected chi connectivity index (χ2v) is 6.12. The van der Waals surface area contributed by atoms with Gasteiger partial charge in [-0.05, 0) is 42.5 Å². The molecule has 0 bridgehead atoms. The minimum Gasteiger partial charge on any atom is -0.484 e. The molecule has 3 aromatic carbocycles. The van der Waals surface area contributed by atoms with Gasteiger partial charge in [-0.3, -0.25) is 9.59 Å². The topological polar surface area (TPSA) is 67.4 Å².